The SMILES string of the molecule is O=C(COc1ccc2ccccc2c1)Nc1ccccc1-c1cn2c(n1)SCC2. The van der Waals surface area contributed by atoms with Crippen molar-refractivity contribution in [1.82, 2.24) is 9.55 Å². The second-order valence-corrected chi connectivity index (χ2v) is 7.90. The number of amides is 1. The molecule has 2 heterocycles. The Labute approximate surface area is 172 Å². The fourth-order valence-electron chi connectivity index (χ4n) is 3.45. The molecule has 1 aliphatic rings. The summed E-state index contributed by atoms with van der Waals surface area (Å²) in [5.74, 6) is 1.54. The van der Waals surface area contributed by atoms with Crippen molar-refractivity contribution in [1.29, 1.82) is 0 Å². The fourth-order valence-corrected chi connectivity index (χ4v) is 4.39. The minimum Gasteiger partial charge on any atom is -0.484 e. The first-order valence-electron chi connectivity index (χ1n) is 9.47. The van der Waals surface area contributed by atoms with Gasteiger partial charge >= 0.3 is 0 Å². The van der Waals surface area contributed by atoms with Gasteiger partial charge in [-0.2, -0.15) is 0 Å². The van der Waals surface area contributed by atoms with Crippen LogP contribution in [0.5, 0.6) is 5.75 Å². The summed E-state index contributed by atoms with van der Waals surface area (Å²) in [7, 11) is 0. The Balaban J connectivity index is 1.29. The Morgan fingerprint density at radius 2 is 1.90 bits per heavy atom. The van der Waals surface area contributed by atoms with Crippen molar-refractivity contribution in [2.75, 3.05) is 17.7 Å². The molecule has 5 nitrogen and oxygen atoms in total. The van der Waals surface area contributed by atoms with E-state index >= 15 is 0 Å². The van der Waals surface area contributed by atoms with Gasteiger partial charge in [0.05, 0.1) is 11.4 Å². The van der Waals surface area contributed by atoms with Gasteiger partial charge in [0.2, 0.25) is 0 Å². The number of aryl methyl sites for hydroxylation is 1. The second kappa shape index (κ2) is 7.64. The number of anilines is 1. The summed E-state index contributed by atoms with van der Waals surface area (Å²) in [6.45, 7) is 0.920. The number of hydrogen-bond acceptors (Lipinski definition) is 4. The third kappa shape index (κ3) is 3.71. The second-order valence-electron chi connectivity index (χ2n) is 6.84. The van der Waals surface area contributed by atoms with Gasteiger partial charge in [-0.25, -0.2) is 4.98 Å². The summed E-state index contributed by atoms with van der Waals surface area (Å²) in [6, 6.07) is 21.6. The van der Waals surface area contributed by atoms with Gasteiger partial charge in [-0.15, -0.1) is 0 Å². The van der Waals surface area contributed by atoms with E-state index in [1.54, 1.807) is 11.8 Å². The van der Waals surface area contributed by atoms with Gasteiger partial charge in [-0.05, 0) is 29.0 Å². The number of nitrogens with one attached hydrogen (secondary N) is 1. The Kier molecular flexibility index (Phi) is 4.69. The van der Waals surface area contributed by atoms with Gasteiger partial charge < -0.3 is 14.6 Å². The summed E-state index contributed by atoms with van der Waals surface area (Å²) in [4.78, 5) is 17.2. The third-order valence-corrected chi connectivity index (χ3v) is 5.84. The summed E-state index contributed by atoms with van der Waals surface area (Å²) < 4.78 is 7.86. The number of fused-ring (bicyclic) bond motifs is 2. The zero-order valence-corrected chi connectivity index (χ0v) is 16.5. The Hall–Kier alpha value is -3.25. The predicted octanol–water partition coefficient (Wildman–Crippen LogP) is 4.83. The van der Waals surface area contributed by atoms with Crippen molar-refractivity contribution in [3.8, 4) is 17.0 Å². The molecule has 0 spiro atoms. The lowest BCUT2D eigenvalue weighted by atomic mass is 10.1. The smallest absolute Gasteiger partial charge is 0.262 e. The number of ether oxygens (including phenoxy) is 1. The van der Waals surface area contributed by atoms with Crippen molar-refractivity contribution in [3.05, 3.63) is 72.9 Å². The normalized spacial score (nSPS) is 12.7. The molecule has 0 radical (unpaired) electrons. The van der Waals surface area contributed by atoms with Crippen molar-refractivity contribution >= 4 is 34.1 Å². The molecule has 29 heavy (non-hydrogen) atoms. The maximum atomic E-state index is 12.5. The number of rotatable bonds is 5. The molecule has 5 rings (SSSR count). The van der Waals surface area contributed by atoms with Gasteiger partial charge in [-0.3, -0.25) is 4.79 Å². The third-order valence-electron chi connectivity index (χ3n) is 4.87. The topological polar surface area (TPSA) is 56.1 Å². The first-order chi connectivity index (χ1) is 14.3. The molecule has 144 valence electrons. The number of imidazole rings is 1. The lowest BCUT2D eigenvalue weighted by molar-refractivity contribution is -0.118. The first kappa shape index (κ1) is 17.8. The van der Waals surface area contributed by atoms with Crippen LogP contribution in [0.4, 0.5) is 5.69 Å². The van der Waals surface area contributed by atoms with Crippen LogP contribution >= 0.6 is 11.8 Å². The van der Waals surface area contributed by atoms with Crippen LogP contribution in [0.2, 0.25) is 0 Å². The van der Waals surface area contributed by atoms with Crippen LogP contribution in [0.3, 0.4) is 0 Å². The minimum absolute atomic E-state index is 0.0534. The molecule has 3 aromatic carbocycles. The molecule has 0 atom stereocenters. The van der Waals surface area contributed by atoms with Crippen LogP contribution in [0.25, 0.3) is 22.0 Å². The maximum Gasteiger partial charge on any atom is 0.262 e. The molecule has 1 amide bonds. The quantitative estimate of drug-likeness (QED) is 0.521. The van der Waals surface area contributed by atoms with Crippen LogP contribution < -0.4 is 10.1 Å². The van der Waals surface area contributed by atoms with Crippen LogP contribution in [-0.2, 0) is 11.3 Å². The monoisotopic (exact) mass is 401 g/mol. The largest absolute Gasteiger partial charge is 0.484 e. The average Bonchev–Trinajstić information content (AvgIpc) is 3.35. The van der Waals surface area contributed by atoms with Gasteiger partial charge in [0.25, 0.3) is 5.91 Å². The van der Waals surface area contributed by atoms with E-state index in [2.05, 4.69) is 9.88 Å². The lowest BCUT2D eigenvalue weighted by Gasteiger charge is -2.11. The van der Waals surface area contributed by atoms with Gasteiger partial charge in [-0.1, -0.05) is 60.3 Å². The van der Waals surface area contributed by atoms with Crippen LogP contribution in [0, 0.1) is 0 Å². The zero-order chi connectivity index (χ0) is 19.6. The molecule has 0 fully saturated rings. The zero-order valence-electron chi connectivity index (χ0n) is 15.7. The molecule has 0 aliphatic carbocycles. The van der Waals surface area contributed by atoms with Crippen molar-refractivity contribution in [2.45, 2.75) is 11.7 Å². The molecule has 0 saturated heterocycles. The number of benzene rings is 3. The van der Waals surface area contributed by atoms with Crippen molar-refractivity contribution in [3.63, 3.8) is 0 Å². The highest BCUT2D eigenvalue weighted by Crippen LogP contribution is 2.32. The molecule has 1 aromatic heterocycles. The number of hydrogen-bond donors (Lipinski definition) is 1. The van der Waals surface area contributed by atoms with Gasteiger partial charge in [0, 0.05) is 24.1 Å². The van der Waals surface area contributed by atoms with E-state index in [4.69, 9.17) is 9.72 Å². The fraction of sp³-hybridized carbons (Fsp3) is 0.130. The molecule has 1 N–H and O–H groups in total. The summed E-state index contributed by atoms with van der Waals surface area (Å²) in [5.41, 5.74) is 2.52. The van der Waals surface area contributed by atoms with Crippen LogP contribution in [-0.4, -0.2) is 27.8 Å². The van der Waals surface area contributed by atoms with E-state index in [0.29, 0.717) is 5.75 Å². The van der Waals surface area contributed by atoms with E-state index in [0.717, 1.165) is 45.2 Å². The van der Waals surface area contributed by atoms with E-state index in [1.165, 1.54) is 0 Å². The molecular weight excluding hydrogens is 382 g/mol. The molecule has 4 aromatic rings. The van der Waals surface area contributed by atoms with Crippen molar-refractivity contribution in [2.24, 2.45) is 0 Å². The molecule has 6 heteroatoms. The van der Waals surface area contributed by atoms with Gasteiger partial charge in [0.15, 0.2) is 11.8 Å². The molecular formula is C23H19N3O2S. The number of thioether (sulfide) groups is 1. The lowest BCUT2D eigenvalue weighted by Crippen LogP contribution is -2.20. The van der Waals surface area contributed by atoms with Crippen LogP contribution in [0.15, 0.2) is 78.1 Å². The Bertz CT molecular complexity index is 1180. The van der Waals surface area contributed by atoms with E-state index in [9.17, 15) is 4.79 Å². The van der Waals surface area contributed by atoms with Crippen LogP contribution in [0.1, 0.15) is 0 Å². The molecule has 0 unspecified atom stereocenters. The summed E-state index contributed by atoms with van der Waals surface area (Å²) >= 11 is 1.75. The number of carbonyl (C=O) groups excluding carboxylic acids is 1. The van der Waals surface area contributed by atoms with E-state index in [-0.39, 0.29) is 12.5 Å². The summed E-state index contributed by atoms with van der Waals surface area (Å²) in [6.07, 6.45) is 2.05. The molecule has 0 saturated carbocycles. The van der Waals surface area contributed by atoms with Crippen molar-refractivity contribution < 1.29 is 9.53 Å². The van der Waals surface area contributed by atoms with E-state index in [1.807, 2.05) is 72.9 Å². The maximum absolute atomic E-state index is 12.5. The number of para-hydroxylation sites is 1. The average molecular weight is 401 g/mol. The Morgan fingerprint density at radius 3 is 2.79 bits per heavy atom. The number of nitrogens with zero attached hydrogens (tertiary/aromatic N) is 2. The number of carbonyl (C=O) groups is 1. The highest BCUT2D eigenvalue weighted by Gasteiger charge is 2.17. The summed E-state index contributed by atoms with van der Waals surface area (Å²) in [5, 5.41) is 6.22. The predicted molar refractivity (Wildman–Crippen MR) is 116 cm³/mol. The molecule has 1 aliphatic heterocycles. The Morgan fingerprint density at radius 1 is 1.07 bits per heavy atom. The van der Waals surface area contributed by atoms with E-state index < -0.39 is 0 Å². The number of aromatic nitrogens is 2. The minimum atomic E-state index is -0.202. The van der Waals surface area contributed by atoms with Gasteiger partial charge in [0.1, 0.15) is 5.75 Å². The standard InChI is InChI=1S/C23H19N3O2S/c27-22(15-28-18-10-9-16-5-1-2-6-17(16)13-18)24-20-8-4-3-7-19(20)21-14-26-11-12-29-23(26)25-21/h1-10,13-14H,11-12,15H2,(H,24,27). The highest BCUT2D eigenvalue weighted by atomic mass is 32.2. The highest BCUT2D eigenvalue weighted by molar-refractivity contribution is 7.99. The first-order valence-corrected chi connectivity index (χ1v) is 10.5. The molecule has 0 bridgehead atoms.